The standard InChI is InChI=1S/C13H25NO2/c1-10(2)13(16)8-14(9-13)11-6-4-3-5-7-12(11)15/h10-12,15-16H,3-9H2,1-2H3. The van der Waals surface area contributed by atoms with Gasteiger partial charge in [0.25, 0.3) is 0 Å². The highest BCUT2D eigenvalue weighted by atomic mass is 16.3. The Balaban J connectivity index is 1.90. The van der Waals surface area contributed by atoms with Crippen LogP contribution in [-0.4, -0.2) is 45.9 Å². The fraction of sp³-hybridized carbons (Fsp3) is 1.00. The van der Waals surface area contributed by atoms with E-state index in [9.17, 15) is 10.2 Å². The summed E-state index contributed by atoms with van der Waals surface area (Å²) in [6.07, 6.45) is 5.46. The first kappa shape index (κ1) is 12.3. The summed E-state index contributed by atoms with van der Waals surface area (Å²) in [4.78, 5) is 2.27. The summed E-state index contributed by atoms with van der Waals surface area (Å²) in [5, 5.41) is 20.3. The smallest absolute Gasteiger partial charge is 0.0923 e. The van der Waals surface area contributed by atoms with E-state index < -0.39 is 5.60 Å². The fourth-order valence-corrected chi connectivity index (χ4v) is 2.95. The molecule has 1 aliphatic heterocycles. The molecule has 0 aromatic carbocycles. The normalized spacial score (nSPS) is 35.8. The van der Waals surface area contributed by atoms with E-state index in [1.54, 1.807) is 0 Å². The van der Waals surface area contributed by atoms with E-state index in [0.717, 1.165) is 32.4 Å². The highest BCUT2D eigenvalue weighted by molar-refractivity contribution is 5.01. The fourth-order valence-electron chi connectivity index (χ4n) is 2.95. The molecular weight excluding hydrogens is 202 g/mol. The maximum atomic E-state index is 10.2. The lowest BCUT2D eigenvalue weighted by Gasteiger charge is -2.53. The molecule has 0 spiro atoms. The molecule has 2 aliphatic rings. The summed E-state index contributed by atoms with van der Waals surface area (Å²) in [7, 11) is 0. The Morgan fingerprint density at radius 2 is 1.75 bits per heavy atom. The summed E-state index contributed by atoms with van der Waals surface area (Å²) in [5.74, 6) is 0.312. The van der Waals surface area contributed by atoms with E-state index in [1.165, 1.54) is 12.8 Å². The van der Waals surface area contributed by atoms with Crippen molar-refractivity contribution in [3.8, 4) is 0 Å². The molecule has 0 aromatic heterocycles. The van der Waals surface area contributed by atoms with Crippen LogP contribution in [0.3, 0.4) is 0 Å². The largest absolute Gasteiger partial charge is 0.391 e. The van der Waals surface area contributed by atoms with Crippen molar-refractivity contribution in [2.75, 3.05) is 13.1 Å². The van der Waals surface area contributed by atoms with Gasteiger partial charge in [0, 0.05) is 19.1 Å². The van der Waals surface area contributed by atoms with E-state index >= 15 is 0 Å². The topological polar surface area (TPSA) is 43.7 Å². The minimum atomic E-state index is -0.508. The number of aliphatic hydroxyl groups excluding tert-OH is 1. The number of nitrogens with zero attached hydrogens (tertiary/aromatic N) is 1. The predicted molar refractivity (Wildman–Crippen MR) is 64.2 cm³/mol. The van der Waals surface area contributed by atoms with Crippen LogP contribution in [-0.2, 0) is 0 Å². The summed E-state index contributed by atoms with van der Waals surface area (Å²) in [5.41, 5.74) is -0.508. The van der Waals surface area contributed by atoms with Crippen LogP contribution in [0.2, 0.25) is 0 Å². The predicted octanol–water partition coefficient (Wildman–Crippen LogP) is 1.38. The Labute approximate surface area is 98.5 Å². The van der Waals surface area contributed by atoms with Crippen molar-refractivity contribution in [2.45, 2.75) is 63.7 Å². The Morgan fingerprint density at radius 1 is 1.12 bits per heavy atom. The molecule has 1 aliphatic carbocycles. The van der Waals surface area contributed by atoms with Crippen LogP contribution in [0, 0.1) is 5.92 Å². The Hall–Kier alpha value is -0.120. The lowest BCUT2D eigenvalue weighted by molar-refractivity contribution is -0.156. The molecule has 3 nitrogen and oxygen atoms in total. The van der Waals surface area contributed by atoms with E-state index in [2.05, 4.69) is 18.7 Å². The number of β-amino-alcohol motifs (C(OH)–C–C–N with tert-alkyl or cyclic N) is 1. The summed E-state index contributed by atoms with van der Waals surface area (Å²) >= 11 is 0. The summed E-state index contributed by atoms with van der Waals surface area (Å²) in [6.45, 7) is 5.63. The number of hydrogen-bond donors (Lipinski definition) is 2. The molecule has 2 unspecified atom stereocenters. The zero-order valence-electron chi connectivity index (χ0n) is 10.5. The van der Waals surface area contributed by atoms with Crippen LogP contribution in [0.15, 0.2) is 0 Å². The lowest BCUT2D eigenvalue weighted by Crippen LogP contribution is -2.68. The van der Waals surface area contributed by atoms with Crippen LogP contribution in [0.25, 0.3) is 0 Å². The SMILES string of the molecule is CC(C)C1(O)CN(C2CCCCCC2O)C1. The van der Waals surface area contributed by atoms with Crippen LogP contribution in [0.1, 0.15) is 46.0 Å². The monoisotopic (exact) mass is 227 g/mol. The van der Waals surface area contributed by atoms with Gasteiger partial charge in [-0.1, -0.05) is 33.1 Å². The first-order valence-electron chi connectivity index (χ1n) is 6.67. The highest BCUT2D eigenvalue weighted by Crippen LogP contribution is 2.34. The highest BCUT2D eigenvalue weighted by Gasteiger charge is 2.47. The maximum Gasteiger partial charge on any atom is 0.0923 e. The average Bonchev–Trinajstić information content (AvgIpc) is 2.38. The maximum absolute atomic E-state index is 10.2. The summed E-state index contributed by atoms with van der Waals surface area (Å²) < 4.78 is 0. The van der Waals surface area contributed by atoms with E-state index in [-0.39, 0.29) is 6.10 Å². The third-order valence-corrected chi connectivity index (χ3v) is 4.44. The van der Waals surface area contributed by atoms with Gasteiger partial charge in [0.05, 0.1) is 11.7 Å². The van der Waals surface area contributed by atoms with Crippen LogP contribution < -0.4 is 0 Å². The Kier molecular flexibility index (Phi) is 3.57. The van der Waals surface area contributed by atoms with Gasteiger partial charge < -0.3 is 10.2 Å². The second-order valence-corrected chi connectivity index (χ2v) is 5.94. The average molecular weight is 227 g/mol. The van der Waals surface area contributed by atoms with E-state index in [4.69, 9.17) is 0 Å². The summed E-state index contributed by atoms with van der Waals surface area (Å²) in [6, 6.07) is 0.293. The second-order valence-electron chi connectivity index (χ2n) is 5.94. The van der Waals surface area contributed by atoms with Crippen LogP contribution in [0.5, 0.6) is 0 Å². The first-order valence-corrected chi connectivity index (χ1v) is 6.67. The molecule has 0 amide bonds. The van der Waals surface area contributed by atoms with Gasteiger partial charge in [-0.05, 0) is 18.8 Å². The van der Waals surface area contributed by atoms with Crippen molar-refractivity contribution in [1.82, 2.24) is 4.90 Å². The van der Waals surface area contributed by atoms with Gasteiger partial charge >= 0.3 is 0 Å². The van der Waals surface area contributed by atoms with Crippen molar-refractivity contribution in [1.29, 1.82) is 0 Å². The second kappa shape index (κ2) is 4.63. The molecule has 3 heteroatoms. The Morgan fingerprint density at radius 3 is 2.38 bits per heavy atom. The molecule has 2 N–H and O–H groups in total. The van der Waals surface area contributed by atoms with Crippen LogP contribution in [0.4, 0.5) is 0 Å². The van der Waals surface area contributed by atoms with Crippen molar-refractivity contribution in [3.05, 3.63) is 0 Å². The van der Waals surface area contributed by atoms with Crippen molar-refractivity contribution in [2.24, 2.45) is 5.92 Å². The zero-order valence-corrected chi connectivity index (χ0v) is 10.5. The molecule has 0 radical (unpaired) electrons. The molecule has 1 heterocycles. The van der Waals surface area contributed by atoms with Crippen molar-refractivity contribution in [3.63, 3.8) is 0 Å². The minimum absolute atomic E-state index is 0.181. The molecule has 0 aromatic rings. The number of hydrogen-bond acceptors (Lipinski definition) is 3. The van der Waals surface area contributed by atoms with Crippen molar-refractivity contribution >= 4 is 0 Å². The molecule has 16 heavy (non-hydrogen) atoms. The quantitative estimate of drug-likeness (QED) is 0.701. The van der Waals surface area contributed by atoms with Gasteiger partial charge in [0.15, 0.2) is 0 Å². The van der Waals surface area contributed by atoms with Crippen molar-refractivity contribution < 1.29 is 10.2 Å². The number of aliphatic hydroxyl groups is 2. The lowest BCUT2D eigenvalue weighted by atomic mass is 9.81. The van der Waals surface area contributed by atoms with Gasteiger partial charge in [0.2, 0.25) is 0 Å². The van der Waals surface area contributed by atoms with Gasteiger partial charge in [-0.2, -0.15) is 0 Å². The first-order chi connectivity index (χ1) is 7.53. The van der Waals surface area contributed by atoms with Gasteiger partial charge in [-0.25, -0.2) is 0 Å². The van der Waals surface area contributed by atoms with Gasteiger partial charge in [0.1, 0.15) is 0 Å². The van der Waals surface area contributed by atoms with Crippen LogP contribution >= 0.6 is 0 Å². The molecule has 0 bridgehead atoms. The molecule has 1 saturated carbocycles. The third-order valence-electron chi connectivity index (χ3n) is 4.44. The zero-order chi connectivity index (χ0) is 11.8. The Bertz CT molecular complexity index is 236. The third kappa shape index (κ3) is 2.27. The molecular formula is C13H25NO2. The molecule has 94 valence electrons. The molecule has 2 rings (SSSR count). The molecule has 2 atom stereocenters. The van der Waals surface area contributed by atoms with Gasteiger partial charge in [-0.15, -0.1) is 0 Å². The molecule has 2 fully saturated rings. The van der Waals surface area contributed by atoms with E-state index in [0.29, 0.717) is 12.0 Å². The number of likely N-dealkylation sites (tertiary alicyclic amines) is 1. The molecule has 1 saturated heterocycles. The van der Waals surface area contributed by atoms with Gasteiger partial charge in [-0.3, -0.25) is 4.90 Å². The number of rotatable bonds is 2. The van der Waals surface area contributed by atoms with E-state index in [1.807, 2.05) is 0 Å². The minimum Gasteiger partial charge on any atom is -0.391 e.